The lowest BCUT2D eigenvalue weighted by molar-refractivity contribution is 0.265. The van der Waals surface area contributed by atoms with Gasteiger partial charge in [-0.3, -0.25) is 0 Å². The molecule has 1 atom stereocenters. The van der Waals surface area contributed by atoms with Crippen LogP contribution in [0.25, 0.3) is 0 Å². The van der Waals surface area contributed by atoms with Crippen LogP contribution in [0, 0.1) is 5.92 Å². The number of hydrogen-bond donors (Lipinski definition) is 0. The first-order valence-electron chi connectivity index (χ1n) is 5.51. The molecular weight excluding hydrogens is 172 g/mol. The molecule has 0 aromatic rings. The normalized spacial score (nSPS) is 17.1. The van der Waals surface area contributed by atoms with Gasteiger partial charge in [0.2, 0.25) is 0 Å². The van der Waals surface area contributed by atoms with Gasteiger partial charge in [-0.1, -0.05) is 19.4 Å². The topological polar surface area (TPSA) is 9.23 Å². The number of hydrogen-bond acceptors (Lipinski definition) is 1. The van der Waals surface area contributed by atoms with Gasteiger partial charge in [0.15, 0.2) is 0 Å². The van der Waals surface area contributed by atoms with Gasteiger partial charge in [0.25, 0.3) is 0 Å². The average Bonchev–Trinajstić information content (AvgIpc) is 2.25. The monoisotopic (exact) mass is 192 g/mol. The van der Waals surface area contributed by atoms with Gasteiger partial charge in [0, 0.05) is 5.92 Å². The third kappa shape index (κ3) is 3.41. The maximum absolute atomic E-state index is 5.54. The van der Waals surface area contributed by atoms with E-state index in [2.05, 4.69) is 19.6 Å². The Morgan fingerprint density at radius 2 is 2.43 bits per heavy atom. The van der Waals surface area contributed by atoms with Crippen molar-refractivity contribution in [2.45, 2.75) is 39.0 Å². The Labute approximate surface area is 87.2 Å². The fourth-order valence-electron chi connectivity index (χ4n) is 1.77. The first-order valence-corrected chi connectivity index (χ1v) is 5.51. The van der Waals surface area contributed by atoms with Gasteiger partial charge in [-0.15, -0.1) is 6.58 Å². The van der Waals surface area contributed by atoms with Crippen LogP contribution in [-0.4, -0.2) is 0 Å². The van der Waals surface area contributed by atoms with Crippen LogP contribution >= 0.6 is 0 Å². The molecule has 78 valence electrons. The highest BCUT2D eigenvalue weighted by atomic mass is 16.5. The van der Waals surface area contributed by atoms with E-state index in [1.165, 1.54) is 12.8 Å². The van der Waals surface area contributed by atoms with Crippen LogP contribution in [0.3, 0.4) is 0 Å². The van der Waals surface area contributed by atoms with Gasteiger partial charge in [0.1, 0.15) is 5.76 Å². The van der Waals surface area contributed by atoms with Crippen molar-refractivity contribution in [2.24, 2.45) is 5.92 Å². The number of allylic oxidation sites excluding steroid dienone is 4. The summed E-state index contributed by atoms with van der Waals surface area (Å²) in [6, 6.07) is 0. The van der Waals surface area contributed by atoms with Crippen LogP contribution in [-0.2, 0) is 4.74 Å². The van der Waals surface area contributed by atoms with Crippen molar-refractivity contribution in [3.8, 4) is 0 Å². The lowest BCUT2D eigenvalue weighted by Gasteiger charge is -2.20. The molecule has 0 spiro atoms. The van der Waals surface area contributed by atoms with Gasteiger partial charge in [-0.2, -0.15) is 0 Å². The Balaban J connectivity index is 2.47. The molecule has 1 rings (SSSR count). The summed E-state index contributed by atoms with van der Waals surface area (Å²) in [5, 5.41) is 0. The molecule has 1 nitrogen and oxygen atoms in total. The van der Waals surface area contributed by atoms with E-state index in [-0.39, 0.29) is 0 Å². The fourth-order valence-corrected chi connectivity index (χ4v) is 1.77. The zero-order valence-corrected chi connectivity index (χ0v) is 9.04. The summed E-state index contributed by atoms with van der Waals surface area (Å²) in [5.74, 6) is 1.75. The van der Waals surface area contributed by atoms with E-state index < -0.39 is 0 Å². The molecule has 0 bridgehead atoms. The summed E-state index contributed by atoms with van der Waals surface area (Å²) in [4.78, 5) is 0. The molecule has 0 amide bonds. The molecule has 0 aromatic heterocycles. The van der Waals surface area contributed by atoms with E-state index in [1.807, 2.05) is 18.4 Å². The van der Waals surface area contributed by atoms with Gasteiger partial charge < -0.3 is 4.74 Å². The summed E-state index contributed by atoms with van der Waals surface area (Å²) < 4.78 is 5.54. The molecule has 0 saturated heterocycles. The number of rotatable bonds is 6. The summed E-state index contributed by atoms with van der Waals surface area (Å²) in [5.41, 5.74) is 0. The minimum absolute atomic E-state index is 0.586. The Morgan fingerprint density at radius 1 is 1.57 bits per heavy atom. The lowest BCUT2D eigenvalue weighted by Crippen LogP contribution is -2.07. The van der Waals surface area contributed by atoms with Crippen LogP contribution in [0.15, 0.2) is 36.8 Å². The molecule has 1 heteroatoms. The fraction of sp³-hybridized carbons (Fsp3) is 0.538. The predicted molar refractivity (Wildman–Crippen MR) is 60.8 cm³/mol. The lowest BCUT2D eigenvalue weighted by atomic mass is 9.94. The zero-order chi connectivity index (χ0) is 10.2. The molecule has 1 heterocycles. The molecule has 0 fully saturated rings. The highest BCUT2D eigenvalue weighted by Gasteiger charge is 2.14. The van der Waals surface area contributed by atoms with Crippen LogP contribution < -0.4 is 0 Å². The second-order valence-electron chi connectivity index (χ2n) is 3.68. The zero-order valence-electron chi connectivity index (χ0n) is 9.04. The quantitative estimate of drug-likeness (QED) is 0.573. The molecule has 1 unspecified atom stereocenters. The molecule has 1 aliphatic heterocycles. The first-order chi connectivity index (χ1) is 6.88. The Bertz CT molecular complexity index is 225. The van der Waals surface area contributed by atoms with Crippen molar-refractivity contribution < 1.29 is 4.74 Å². The van der Waals surface area contributed by atoms with Crippen LogP contribution in [0.1, 0.15) is 39.0 Å². The minimum atomic E-state index is 0.586. The van der Waals surface area contributed by atoms with Crippen molar-refractivity contribution in [3.05, 3.63) is 36.8 Å². The highest BCUT2D eigenvalue weighted by Crippen LogP contribution is 2.26. The Morgan fingerprint density at radius 3 is 3.00 bits per heavy atom. The second kappa shape index (κ2) is 6.47. The van der Waals surface area contributed by atoms with Gasteiger partial charge in [0.05, 0.1) is 6.26 Å². The summed E-state index contributed by atoms with van der Waals surface area (Å²) >= 11 is 0. The number of ether oxygens (including phenoxy) is 1. The van der Waals surface area contributed by atoms with Crippen molar-refractivity contribution in [1.29, 1.82) is 0 Å². The molecule has 0 aromatic carbocycles. The van der Waals surface area contributed by atoms with Gasteiger partial charge in [-0.25, -0.2) is 0 Å². The van der Waals surface area contributed by atoms with E-state index in [0.717, 1.165) is 25.0 Å². The minimum Gasteiger partial charge on any atom is -0.470 e. The van der Waals surface area contributed by atoms with Crippen molar-refractivity contribution in [2.75, 3.05) is 0 Å². The van der Waals surface area contributed by atoms with Crippen LogP contribution in [0.5, 0.6) is 0 Å². The SMILES string of the molecule is C=CCCC(CCC)C1=CCC=CO1. The van der Waals surface area contributed by atoms with Crippen LogP contribution in [0.4, 0.5) is 0 Å². The first kappa shape index (κ1) is 11.1. The molecule has 14 heavy (non-hydrogen) atoms. The Kier molecular flexibility index (Phi) is 5.13. The third-order valence-corrected chi connectivity index (χ3v) is 2.51. The molecule has 0 radical (unpaired) electrons. The van der Waals surface area contributed by atoms with Gasteiger partial charge in [-0.05, 0) is 37.8 Å². The van der Waals surface area contributed by atoms with E-state index >= 15 is 0 Å². The van der Waals surface area contributed by atoms with E-state index in [1.54, 1.807) is 0 Å². The molecule has 0 aliphatic carbocycles. The van der Waals surface area contributed by atoms with Crippen molar-refractivity contribution in [1.82, 2.24) is 0 Å². The largest absolute Gasteiger partial charge is 0.470 e. The molecule has 0 N–H and O–H groups in total. The smallest absolute Gasteiger partial charge is 0.103 e. The predicted octanol–water partition coefficient (Wildman–Crippen LogP) is 4.19. The molecular formula is C13H20O. The van der Waals surface area contributed by atoms with Crippen molar-refractivity contribution >= 4 is 0 Å². The van der Waals surface area contributed by atoms with Gasteiger partial charge >= 0.3 is 0 Å². The standard InChI is InChI=1S/C13H20O/c1-3-5-9-12(8-4-2)13-10-6-7-11-14-13/h3,7,10-12H,1,4-6,8-9H2,2H3. The second-order valence-corrected chi connectivity index (χ2v) is 3.68. The summed E-state index contributed by atoms with van der Waals surface area (Å²) in [6.07, 6.45) is 13.7. The average molecular weight is 192 g/mol. The van der Waals surface area contributed by atoms with E-state index in [4.69, 9.17) is 4.74 Å². The van der Waals surface area contributed by atoms with E-state index in [0.29, 0.717) is 5.92 Å². The van der Waals surface area contributed by atoms with Crippen molar-refractivity contribution in [3.63, 3.8) is 0 Å². The van der Waals surface area contributed by atoms with Crippen LogP contribution in [0.2, 0.25) is 0 Å². The summed E-state index contributed by atoms with van der Waals surface area (Å²) in [6.45, 7) is 5.99. The maximum Gasteiger partial charge on any atom is 0.103 e. The highest BCUT2D eigenvalue weighted by molar-refractivity contribution is 5.07. The Hall–Kier alpha value is -0.980. The summed E-state index contributed by atoms with van der Waals surface area (Å²) in [7, 11) is 0. The molecule has 1 aliphatic rings. The van der Waals surface area contributed by atoms with E-state index in [9.17, 15) is 0 Å². The third-order valence-electron chi connectivity index (χ3n) is 2.51. The molecule has 0 saturated carbocycles. The maximum atomic E-state index is 5.54.